The van der Waals surface area contributed by atoms with Crippen molar-refractivity contribution in [3.8, 4) is 0 Å². The number of nitrogens with zero attached hydrogens (tertiary/aromatic N) is 2. The van der Waals surface area contributed by atoms with Crippen LogP contribution in [0.15, 0.2) is 10.6 Å². The fourth-order valence-corrected chi connectivity index (χ4v) is 3.72. The Morgan fingerprint density at radius 1 is 1.35 bits per heavy atom. The number of ether oxygens (including phenoxy) is 1. The topological polar surface area (TPSA) is 52.3 Å². The highest BCUT2D eigenvalue weighted by Crippen LogP contribution is 2.35. The number of hydrogen-bond donors (Lipinski definition) is 0. The van der Waals surface area contributed by atoms with Crippen LogP contribution in [0.3, 0.4) is 0 Å². The Hall–Kier alpha value is -0.630. The summed E-state index contributed by atoms with van der Waals surface area (Å²) in [7, 11) is 6.32. The lowest BCUT2D eigenvalue weighted by atomic mass is 9.75. The Morgan fingerprint density at radius 3 is 2.65 bits per heavy atom. The van der Waals surface area contributed by atoms with Crippen LogP contribution >= 0.6 is 0 Å². The first kappa shape index (κ1) is 23.4. The van der Waals surface area contributed by atoms with Crippen LogP contribution in [0, 0.1) is 17.8 Å². The van der Waals surface area contributed by atoms with E-state index in [0.29, 0.717) is 30.6 Å². The van der Waals surface area contributed by atoms with Gasteiger partial charge >= 0.3 is 5.97 Å². The number of hydrogen-bond acceptors (Lipinski definition) is 4. The first-order valence-corrected chi connectivity index (χ1v) is 9.58. The zero-order valence-electron chi connectivity index (χ0n) is 17.1. The van der Waals surface area contributed by atoms with E-state index in [9.17, 15) is 4.79 Å². The molecule has 1 aliphatic carbocycles. The van der Waals surface area contributed by atoms with Crippen molar-refractivity contribution in [3.05, 3.63) is 17.5 Å². The number of rotatable bonds is 7. The Kier molecular flexibility index (Phi) is 9.06. The van der Waals surface area contributed by atoms with Crippen LogP contribution in [0.4, 0.5) is 0 Å². The van der Waals surface area contributed by atoms with E-state index < -0.39 is 0 Å². The highest BCUT2D eigenvalue weighted by Gasteiger charge is 2.33. The Balaban J connectivity index is 0.00000338. The molecule has 0 saturated heterocycles. The summed E-state index contributed by atoms with van der Waals surface area (Å²) in [5.41, 5.74) is 0.831. The van der Waals surface area contributed by atoms with Gasteiger partial charge < -0.3 is 37.7 Å². The molecule has 0 aromatic carbocycles. The predicted molar refractivity (Wildman–Crippen MR) is 97.8 cm³/mol. The van der Waals surface area contributed by atoms with Gasteiger partial charge in [0.05, 0.1) is 33.3 Å². The lowest BCUT2D eigenvalue weighted by molar-refractivity contribution is -0.885. The van der Waals surface area contributed by atoms with Gasteiger partial charge in [0.1, 0.15) is 12.6 Å². The summed E-state index contributed by atoms with van der Waals surface area (Å²) in [5.74, 6) is 2.43. The number of quaternary nitrogens is 1. The van der Waals surface area contributed by atoms with Gasteiger partial charge in [-0.3, -0.25) is 4.79 Å². The fraction of sp³-hybridized carbons (Fsp3) is 0.800. The van der Waals surface area contributed by atoms with Crippen molar-refractivity contribution in [1.82, 2.24) is 5.16 Å². The van der Waals surface area contributed by atoms with E-state index in [1.807, 2.05) is 6.07 Å². The SMILES string of the molecule is CC1CCC(C(C)C)C(OC(=O)CCc2cc(C[N+](C)(C)C)on2)C1.[I-]. The molecule has 1 heterocycles. The second kappa shape index (κ2) is 10.1. The van der Waals surface area contributed by atoms with E-state index in [0.717, 1.165) is 35.3 Å². The molecular weight excluding hydrogens is 443 g/mol. The quantitative estimate of drug-likeness (QED) is 0.331. The van der Waals surface area contributed by atoms with Gasteiger partial charge in [0, 0.05) is 12.5 Å². The van der Waals surface area contributed by atoms with Crippen LogP contribution in [0.1, 0.15) is 57.9 Å². The monoisotopic (exact) mass is 478 g/mol. The van der Waals surface area contributed by atoms with E-state index in [1.165, 1.54) is 6.42 Å². The van der Waals surface area contributed by atoms with Crippen molar-refractivity contribution in [2.45, 2.75) is 65.5 Å². The average Bonchev–Trinajstić information content (AvgIpc) is 2.90. The van der Waals surface area contributed by atoms with Crippen LogP contribution < -0.4 is 24.0 Å². The Morgan fingerprint density at radius 2 is 2.04 bits per heavy atom. The minimum atomic E-state index is -0.110. The zero-order chi connectivity index (χ0) is 18.6. The lowest BCUT2D eigenvalue weighted by Crippen LogP contribution is -3.00. The van der Waals surface area contributed by atoms with Crippen molar-refractivity contribution < 1.29 is 42.5 Å². The summed E-state index contributed by atoms with van der Waals surface area (Å²) in [6, 6.07) is 1.95. The highest BCUT2D eigenvalue weighted by atomic mass is 127. The van der Waals surface area contributed by atoms with E-state index in [2.05, 4.69) is 47.1 Å². The molecule has 1 aliphatic rings. The summed E-state index contributed by atoms with van der Waals surface area (Å²) in [5, 5.41) is 4.08. The molecule has 2 rings (SSSR count). The van der Waals surface area contributed by atoms with Gasteiger partial charge in [-0.05, 0) is 30.6 Å². The molecule has 0 bridgehead atoms. The zero-order valence-corrected chi connectivity index (χ0v) is 19.3. The van der Waals surface area contributed by atoms with Gasteiger partial charge in [0.25, 0.3) is 0 Å². The molecule has 0 amide bonds. The number of aromatic nitrogens is 1. The third-order valence-corrected chi connectivity index (χ3v) is 5.07. The largest absolute Gasteiger partial charge is 1.00 e. The number of carbonyl (C=O) groups excluding carboxylic acids is 1. The third-order valence-electron chi connectivity index (χ3n) is 5.07. The van der Waals surface area contributed by atoms with Crippen LogP contribution in [0.2, 0.25) is 0 Å². The fourth-order valence-electron chi connectivity index (χ4n) is 3.72. The summed E-state index contributed by atoms with van der Waals surface area (Å²) in [6.07, 6.45) is 4.41. The van der Waals surface area contributed by atoms with Crippen LogP contribution in [0.5, 0.6) is 0 Å². The van der Waals surface area contributed by atoms with Crippen LogP contribution in [0.25, 0.3) is 0 Å². The normalized spacial score (nSPS) is 23.6. The van der Waals surface area contributed by atoms with Crippen molar-refractivity contribution >= 4 is 5.97 Å². The molecule has 26 heavy (non-hydrogen) atoms. The van der Waals surface area contributed by atoms with E-state index in [1.54, 1.807) is 0 Å². The number of aryl methyl sites for hydroxylation is 1. The van der Waals surface area contributed by atoms with E-state index in [4.69, 9.17) is 9.26 Å². The van der Waals surface area contributed by atoms with Crippen molar-refractivity contribution in [1.29, 1.82) is 0 Å². The molecule has 1 aromatic heterocycles. The molecular formula is C20H35IN2O3. The third kappa shape index (κ3) is 7.55. The summed E-state index contributed by atoms with van der Waals surface area (Å²) in [4.78, 5) is 12.3. The molecule has 3 unspecified atom stereocenters. The lowest BCUT2D eigenvalue weighted by Gasteiger charge is -2.36. The van der Waals surface area contributed by atoms with Crippen LogP contribution in [-0.4, -0.2) is 42.9 Å². The van der Waals surface area contributed by atoms with E-state index >= 15 is 0 Å². The highest BCUT2D eigenvalue weighted by molar-refractivity contribution is 5.69. The molecule has 1 fully saturated rings. The smallest absolute Gasteiger partial charge is 0.306 e. The maximum Gasteiger partial charge on any atom is 0.306 e. The Labute approximate surface area is 175 Å². The molecule has 0 N–H and O–H groups in total. The molecule has 0 spiro atoms. The summed E-state index contributed by atoms with van der Waals surface area (Å²) in [6.45, 7) is 7.49. The van der Waals surface area contributed by atoms with E-state index in [-0.39, 0.29) is 36.0 Å². The molecule has 1 saturated carbocycles. The van der Waals surface area contributed by atoms with Gasteiger partial charge in [-0.25, -0.2) is 0 Å². The molecule has 0 radical (unpaired) electrons. The first-order chi connectivity index (χ1) is 11.6. The second-order valence-corrected chi connectivity index (χ2v) is 9.09. The standard InChI is InChI=1S/C20H35N2O3.HI/c1-14(2)18-9-7-15(3)11-19(18)24-20(23)10-8-16-12-17(25-21-16)13-22(4,5)6;/h12,14-15,18-19H,7-11,13H2,1-6H3;1H/q+1;/p-1. The van der Waals surface area contributed by atoms with Gasteiger partial charge in [-0.1, -0.05) is 32.3 Å². The molecule has 3 atom stereocenters. The molecule has 6 heteroatoms. The predicted octanol–water partition coefficient (Wildman–Crippen LogP) is 0.821. The number of esters is 1. The van der Waals surface area contributed by atoms with Gasteiger partial charge in [-0.2, -0.15) is 0 Å². The second-order valence-electron chi connectivity index (χ2n) is 9.09. The minimum Gasteiger partial charge on any atom is -1.00 e. The number of carbonyl (C=O) groups is 1. The van der Waals surface area contributed by atoms with Crippen molar-refractivity contribution in [2.75, 3.05) is 21.1 Å². The maximum atomic E-state index is 12.3. The van der Waals surface area contributed by atoms with Gasteiger partial charge in [0.15, 0.2) is 5.76 Å². The van der Waals surface area contributed by atoms with Crippen molar-refractivity contribution in [2.24, 2.45) is 17.8 Å². The summed E-state index contributed by atoms with van der Waals surface area (Å²) < 4.78 is 12.0. The van der Waals surface area contributed by atoms with Gasteiger partial charge in [0.2, 0.25) is 0 Å². The molecule has 0 aliphatic heterocycles. The molecule has 150 valence electrons. The average molecular weight is 478 g/mol. The molecule has 1 aromatic rings. The maximum absolute atomic E-state index is 12.3. The van der Waals surface area contributed by atoms with Gasteiger partial charge in [-0.15, -0.1) is 0 Å². The minimum absolute atomic E-state index is 0. The first-order valence-electron chi connectivity index (χ1n) is 9.58. The van der Waals surface area contributed by atoms with Crippen LogP contribution in [-0.2, 0) is 22.5 Å². The molecule has 5 nitrogen and oxygen atoms in total. The Bertz CT molecular complexity index is 566. The van der Waals surface area contributed by atoms with Crippen molar-refractivity contribution in [3.63, 3.8) is 0 Å². The summed E-state index contributed by atoms with van der Waals surface area (Å²) >= 11 is 0. The number of halogens is 1.